The Morgan fingerprint density at radius 2 is 1.69 bits per heavy atom. The zero-order valence-electron chi connectivity index (χ0n) is 14.6. The molecule has 0 saturated carbocycles. The number of Topliss-reactive ketones (excluding diaryl/α,β-unsaturated/α-hetero) is 1. The number of hydrogen-bond donors (Lipinski definition) is 0. The molecule has 1 aliphatic heterocycles. The van der Waals surface area contributed by atoms with E-state index in [1.807, 2.05) is 36.4 Å². The predicted molar refractivity (Wildman–Crippen MR) is 97.8 cm³/mol. The maximum atomic E-state index is 12.5. The number of anilines is 1. The molecule has 3 rings (SSSR count). The van der Waals surface area contributed by atoms with E-state index in [9.17, 15) is 14.4 Å². The second-order valence-corrected chi connectivity index (χ2v) is 6.30. The van der Waals surface area contributed by atoms with Gasteiger partial charge in [-0.25, -0.2) is 0 Å². The Labute approximate surface area is 152 Å². The lowest BCUT2D eigenvalue weighted by molar-refractivity contribution is -0.151. The number of hydrogen-bond acceptors (Lipinski definition) is 4. The van der Waals surface area contributed by atoms with Crippen molar-refractivity contribution in [3.8, 4) is 0 Å². The summed E-state index contributed by atoms with van der Waals surface area (Å²) in [4.78, 5) is 38.9. The van der Waals surface area contributed by atoms with Crippen molar-refractivity contribution in [3.63, 3.8) is 0 Å². The third-order valence-electron chi connectivity index (χ3n) is 4.51. The Kier molecular flexibility index (Phi) is 5.46. The molecule has 0 radical (unpaired) electrons. The largest absolute Gasteiger partial charge is 0.454 e. The van der Waals surface area contributed by atoms with Crippen LogP contribution < -0.4 is 4.90 Å². The van der Waals surface area contributed by atoms with Crippen molar-refractivity contribution in [2.45, 2.75) is 25.9 Å². The van der Waals surface area contributed by atoms with Crippen LogP contribution in [0.3, 0.4) is 0 Å². The number of carbonyl (C=O) groups is 3. The van der Waals surface area contributed by atoms with Crippen LogP contribution in [0.5, 0.6) is 0 Å². The van der Waals surface area contributed by atoms with Crippen molar-refractivity contribution in [1.29, 1.82) is 0 Å². The predicted octanol–water partition coefficient (Wildman–Crippen LogP) is 3.24. The minimum absolute atomic E-state index is 0.101. The first kappa shape index (κ1) is 17.9. The van der Waals surface area contributed by atoms with Crippen LogP contribution in [0.15, 0.2) is 60.7 Å². The molecule has 0 bridgehead atoms. The first-order valence-corrected chi connectivity index (χ1v) is 8.75. The molecule has 5 nitrogen and oxygen atoms in total. The van der Waals surface area contributed by atoms with Crippen LogP contribution in [0.25, 0.3) is 0 Å². The van der Waals surface area contributed by atoms with E-state index in [0.29, 0.717) is 12.0 Å². The molecule has 0 aliphatic carbocycles. The number of para-hydroxylation sites is 1. The van der Waals surface area contributed by atoms with Gasteiger partial charge in [0.2, 0.25) is 11.7 Å². The van der Waals surface area contributed by atoms with E-state index >= 15 is 0 Å². The van der Waals surface area contributed by atoms with Crippen LogP contribution in [0, 0.1) is 5.92 Å². The van der Waals surface area contributed by atoms with Crippen LogP contribution in [-0.2, 0) is 14.3 Å². The molecule has 0 N–H and O–H groups in total. The van der Waals surface area contributed by atoms with Crippen molar-refractivity contribution in [3.05, 3.63) is 66.2 Å². The van der Waals surface area contributed by atoms with Crippen molar-refractivity contribution in [2.24, 2.45) is 5.92 Å². The van der Waals surface area contributed by atoms with Crippen molar-refractivity contribution < 1.29 is 19.1 Å². The average molecular weight is 351 g/mol. The van der Waals surface area contributed by atoms with Crippen molar-refractivity contribution in [2.75, 3.05) is 11.4 Å². The number of benzene rings is 2. The van der Waals surface area contributed by atoms with E-state index in [1.165, 1.54) is 0 Å². The zero-order valence-corrected chi connectivity index (χ0v) is 14.6. The van der Waals surface area contributed by atoms with Gasteiger partial charge in [0.25, 0.3) is 0 Å². The fourth-order valence-corrected chi connectivity index (χ4v) is 3.07. The molecule has 5 heteroatoms. The molecule has 2 unspecified atom stereocenters. The molecule has 0 spiro atoms. The van der Waals surface area contributed by atoms with E-state index < -0.39 is 18.0 Å². The molecule has 2 atom stereocenters. The highest BCUT2D eigenvalue weighted by Gasteiger charge is 2.37. The summed E-state index contributed by atoms with van der Waals surface area (Å²) < 4.78 is 5.46. The van der Waals surface area contributed by atoms with Crippen LogP contribution in [-0.4, -0.2) is 30.3 Å². The maximum absolute atomic E-state index is 12.5. The Bertz CT molecular complexity index is 788. The molecule has 1 aliphatic rings. The molecule has 1 amide bonds. The molecular formula is C21H21NO4. The molecule has 0 aromatic heterocycles. The fourth-order valence-electron chi connectivity index (χ4n) is 3.07. The third-order valence-corrected chi connectivity index (χ3v) is 4.51. The van der Waals surface area contributed by atoms with Crippen LogP contribution in [0.2, 0.25) is 0 Å². The van der Waals surface area contributed by atoms with E-state index in [4.69, 9.17) is 4.74 Å². The SMILES string of the molecule is CCC(OC(=O)C1CC(=O)N(c2ccccc2)C1)C(=O)c1ccccc1. The van der Waals surface area contributed by atoms with Crippen molar-refractivity contribution in [1.82, 2.24) is 0 Å². The van der Waals surface area contributed by atoms with Gasteiger partial charge in [0.05, 0.1) is 5.92 Å². The molecule has 1 heterocycles. The Balaban J connectivity index is 1.66. The van der Waals surface area contributed by atoms with E-state index in [2.05, 4.69) is 0 Å². The number of rotatable bonds is 6. The first-order valence-electron chi connectivity index (χ1n) is 8.75. The third kappa shape index (κ3) is 3.82. The lowest BCUT2D eigenvalue weighted by Crippen LogP contribution is -2.31. The van der Waals surface area contributed by atoms with Crippen LogP contribution in [0.1, 0.15) is 30.1 Å². The monoisotopic (exact) mass is 351 g/mol. The Morgan fingerprint density at radius 3 is 2.31 bits per heavy atom. The quantitative estimate of drug-likeness (QED) is 0.592. The highest BCUT2D eigenvalue weighted by Crippen LogP contribution is 2.26. The number of amides is 1. The summed E-state index contributed by atoms with van der Waals surface area (Å²) in [5.74, 6) is -1.38. The van der Waals surface area contributed by atoms with Crippen molar-refractivity contribution >= 4 is 23.3 Å². The molecular weight excluding hydrogens is 330 g/mol. The number of carbonyl (C=O) groups excluding carboxylic acids is 3. The normalized spacial score (nSPS) is 17.8. The Hall–Kier alpha value is -2.95. The van der Waals surface area contributed by atoms with Gasteiger partial charge in [0.15, 0.2) is 6.10 Å². The molecule has 1 saturated heterocycles. The molecule has 134 valence electrons. The molecule has 2 aromatic carbocycles. The molecule has 2 aromatic rings. The van der Waals surface area contributed by atoms with E-state index in [-0.39, 0.29) is 24.7 Å². The van der Waals surface area contributed by atoms with Gasteiger partial charge in [0, 0.05) is 24.2 Å². The summed E-state index contributed by atoms with van der Waals surface area (Å²) in [6.45, 7) is 2.08. The van der Waals surface area contributed by atoms with Gasteiger partial charge in [0.1, 0.15) is 0 Å². The van der Waals surface area contributed by atoms with Gasteiger partial charge >= 0.3 is 5.97 Å². The average Bonchev–Trinajstić information content (AvgIpc) is 3.08. The lowest BCUT2D eigenvalue weighted by atomic mass is 10.0. The summed E-state index contributed by atoms with van der Waals surface area (Å²) >= 11 is 0. The summed E-state index contributed by atoms with van der Waals surface area (Å²) in [6, 6.07) is 18.0. The topological polar surface area (TPSA) is 63.7 Å². The second-order valence-electron chi connectivity index (χ2n) is 6.30. The standard InChI is InChI=1S/C21H21NO4/c1-2-18(20(24)15-9-5-3-6-10-15)26-21(25)16-13-19(23)22(14-16)17-11-7-4-8-12-17/h3-12,16,18H,2,13-14H2,1H3. The highest BCUT2D eigenvalue weighted by molar-refractivity contribution is 6.02. The lowest BCUT2D eigenvalue weighted by Gasteiger charge is -2.19. The summed E-state index contributed by atoms with van der Waals surface area (Å²) in [6.07, 6.45) is -0.336. The second kappa shape index (κ2) is 7.95. The Morgan fingerprint density at radius 1 is 1.08 bits per heavy atom. The molecule has 1 fully saturated rings. The van der Waals surface area contributed by atoms with Gasteiger partial charge in [-0.2, -0.15) is 0 Å². The first-order chi connectivity index (χ1) is 12.6. The number of nitrogens with zero attached hydrogens (tertiary/aromatic N) is 1. The fraction of sp³-hybridized carbons (Fsp3) is 0.286. The maximum Gasteiger partial charge on any atom is 0.312 e. The number of ketones is 1. The van der Waals surface area contributed by atoms with Crippen LogP contribution >= 0.6 is 0 Å². The van der Waals surface area contributed by atoms with Gasteiger partial charge in [-0.15, -0.1) is 0 Å². The summed E-state index contributed by atoms with van der Waals surface area (Å²) in [5.41, 5.74) is 1.28. The van der Waals surface area contributed by atoms with Gasteiger partial charge in [-0.05, 0) is 18.6 Å². The minimum atomic E-state index is -0.828. The summed E-state index contributed by atoms with van der Waals surface area (Å²) in [7, 11) is 0. The summed E-state index contributed by atoms with van der Waals surface area (Å²) in [5, 5.41) is 0. The van der Waals surface area contributed by atoms with Gasteiger partial charge in [-0.3, -0.25) is 14.4 Å². The zero-order chi connectivity index (χ0) is 18.5. The molecule has 26 heavy (non-hydrogen) atoms. The highest BCUT2D eigenvalue weighted by atomic mass is 16.5. The number of ether oxygens (including phenoxy) is 1. The van der Waals surface area contributed by atoms with Gasteiger partial charge in [-0.1, -0.05) is 55.5 Å². The number of esters is 1. The minimum Gasteiger partial charge on any atom is -0.454 e. The van der Waals surface area contributed by atoms with E-state index in [0.717, 1.165) is 5.69 Å². The smallest absolute Gasteiger partial charge is 0.312 e. The van der Waals surface area contributed by atoms with E-state index in [1.54, 1.807) is 36.1 Å². The van der Waals surface area contributed by atoms with Gasteiger partial charge < -0.3 is 9.64 Å². The van der Waals surface area contributed by atoms with Crippen LogP contribution in [0.4, 0.5) is 5.69 Å².